The number of hydroxylamine groups is 1. The number of hydrogen-bond donors (Lipinski definition) is 2. The van der Waals surface area contributed by atoms with Crippen LogP contribution in [-0.4, -0.2) is 5.21 Å². The van der Waals surface area contributed by atoms with Crippen molar-refractivity contribution >= 4 is 0 Å². The molecule has 18 heavy (non-hydrogen) atoms. The van der Waals surface area contributed by atoms with E-state index < -0.39 is 0 Å². The molecule has 0 saturated carbocycles. The normalized spacial score (nSPS) is 12.7. The summed E-state index contributed by atoms with van der Waals surface area (Å²) in [4.78, 5) is 0. The third-order valence-electron chi connectivity index (χ3n) is 3.17. The highest BCUT2D eigenvalue weighted by Gasteiger charge is 2.13. The third-order valence-corrected chi connectivity index (χ3v) is 3.17. The van der Waals surface area contributed by atoms with Gasteiger partial charge in [0.25, 0.3) is 0 Å². The van der Waals surface area contributed by atoms with Gasteiger partial charge in [0.1, 0.15) is 11.5 Å². The summed E-state index contributed by atoms with van der Waals surface area (Å²) >= 11 is 0. The first-order chi connectivity index (χ1) is 8.52. The van der Waals surface area contributed by atoms with Gasteiger partial charge >= 0.3 is 0 Å². The minimum atomic E-state index is -0.204. The molecule has 1 atom stereocenters. The van der Waals surface area contributed by atoms with Crippen molar-refractivity contribution in [1.82, 2.24) is 5.48 Å². The molecule has 2 aromatic rings. The second-order valence-corrected chi connectivity index (χ2v) is 4.83. The van der Waals surface area contributed by atoms with Crippen LogP contribution in [0, 0.1) is 20.8 Å². The Kier molecular flexibility index (Phi) is 3.55. The van der Waals surface area contributed by atoms with Crippen molar-refractivity contribution in [1.29, 1.82) is 0 Å². The van der Waals surface area contributed by atoms with Crippen LogP contribution in [0.3, 0.4) is 0 Å². The zero-order valence-corrected chi connectivity index (χ0v) is 11.2. The molecule has 3 heteroatoms. The van der Waals surface area contributed by atoms with Gasteiger partial charge in [-0.25, -0.2) is 0 Å². The topological polar surface area (TPSA) is 45.4 Å². The van der Waals surface area contributed by atoms with Gasteiger partial charge in [-0.15, -0.1) is 0 Å². The minimum Gasteiger partial charge on any atom is -0.459 e. The van der Waals surface area contributed by atoms with Gasteiger partial charge in [-0.2, -0.15) is 5.48 Å². The first-order valence-electron chi connectivity index (χ1n) is 6.10. The first kappa shape index (κ1) is 12.9. The van der Waals surface area contributed by atoms with E-state index >= 15 is 0 Å². The maximum atomic E-state index is 8.90. The van der Waals surface area contributed by atoms with Gasteiger partial charge in [0.05, 0.1) is 6.04 Å². The van der Waals surface area contributed by atoms with Gasteiger partial charge in [0, 0.05) is 5.56 Å². The van der Waals surface area contributed by atoms with E-state index in [-0.39, 0.29) is 6.04 Å². The van der Waals surface area contributed by atoms with Crippen molar-refractivity contribution in [3.8, 4) is 11.3 Å². The Hall–Kier alpha value is -1.58. The lowest BCUT2D eigenvalue weighted by molar-refractivity contribution is 0.124. The van der Waals surface area contributed by atoms with Crippen LogP contribution < -0.4 is 5.48 Å². The Morgan fingerprint density at radius 2 is 1.72 bits per heavy atom. The molecule has 0 saturated heterocycles. The largest absolute Gasteiger partial charge is 0.459 e. The Morgan fingerprint density at radius 3 is 2.28 bits per heavy atom. The molecule has 0 aliphatic rings. The summed E-state index contributed by atoms with van der Waals surface area (Å²) in [5.74, 6) is 1.58. The summed E-state index contributed by atoms with van der Waals surface area (Å²) in [5, 5.41) is 8.90. The van der Waals surface area contributed by atoms with E-state index in [1.54, 1.807) is 0 Å². The lowest BCUT2D eigenvalue weighted by Crippen LogP contribution is -2.11. The lowest BCUT2D eigenvalue weighted by atomic mass is 9.98. The molecule has 1 heterocycles. The molecule has 2 rings (SSSR count). The van der Waals surface area contributed by atoms with E-state index in [0.717, 1.165) is 17.1 Å². The van der Waals surface area contributed by atoms with E-state index in [0.29, 0.717) is 0 Å². The zero-order chi connectivity index (χ0) is 13.3. The number of nitrogens with one attached hydrogen (secondary N) is 1. The van der Waals surface area contributed by atoms with Crippen molar-refractivity contribution in [2.24, 2.45) is 0 Å². The van der Waals surface area contributed by atoms with Crippen LogP contribution in [-0.2, 0) is 0 Å². The molecule has 1 aromatic heterocycles. The molecule has 0 aliphatic carbocycles. The highest BCUT2D eigenvalue weighted by atomic mass is 16.5. The van der Waals surface area contributed by atoms with Crippen molar-refractivity contribution in [2.75, 3.05) is 0 Å². The molecule has 0 spiro atoms. The number of furan rings is 1. The van der Waals surface area contributed by atoms with Gasteiger partial charge < -0.3 is 9.62 Å². The monoisotopic (exact) mass is 245 g/mol. The molecule has 0 bridgehead atoms. The highest BCUT2D eigenvalue weighted by molar-refractivity contribution is 5.67. The van der Waals surface area contributed by atoms with Crippen LogP contribution >= 0.6 is 0 Å². The second kappa shape index (κ2) is 4.96. The Bertz CT molecular complexity index is 534. The molecule has 0 fully saturated rings. The fraction of sp³-hybridized carbons (Fsp3) is 0.333. The van der Waals surface area contributed by atoms with Crippen LogP contribution in [0.25, 0.3) is 11.3 Å². The van der Waals surface area contributed by atoms with E-state index in [9.17, 15) is 0 Å². The SMILES string of the molecule is Cc1cc(C)c(-c2ccc(C(C)NO)o2)c(C)c1. The molecular weight excluding hydrogens is 226 g/mol. The predicted molar refractivity (Wildman–Crippen MR) is 71.7 cm³/mol. The predicted octanol–water partition coefficient (Wildman–Crippen LogP) is 3.91. The van der Waals surface area contributed by atoms with E-state index in [2.05, 4.69) is 38.4 Å². The fourth-order valence-corrected chi connectivity index (χ4v) is 2.35. The molecular formula is C15H19NO2. The van der Waals surface area contributed by atoms with Crippen molar-refractivity contribution in [3.05, 3.63) is 46.7 Å². The summed E-state index contributed by atoms with van der Waals surface area (Å²) in [6, 6.07) is 7.94. The van der Waals surface area contributed by atoms with Gasteiger partial charge in [-0.05, 0) is 51.0 Å². The number of benzene rings is 1. The molecule has 1 aromatic carbocycles. The van der Waals surface area contributed by atoms with Crippen molar-refractivity contribution in [3.63, 3.8) is 0 Å². The maximum absolute atomic E-state index is 8.90. The fourth-order valence-electron chi connectivity index (χ4n) is 2.35. The quantitative estimate of drug-likeness (QED) is 0.806. The van der Waals surface area contributed by atoms with Crippen LogP contribution in [0.4, 0.5) is 0 Å². The molecule has 96 valence electrons. The molecule has 0 radical (unpaired) electrons. The Balaban J connectivity index is 2.46. The third kappa shape index (κ3) is 2.33. The van der Waals surface area contributed by atoms with Crippen LogP contribution in [0.2, 0.25) is 0 Å². The standard InChI is InChI=1S/C15H19NO2/c1-9-7-10(2)15(11(3)8-9)14-6-5-13(18-14)12(4)16-17/h5-8,12,16-17H,1-4H3. The average Bonchev–Trinajstić information content (AvgIpc) is 2.76. The van der Waals surface area contributed by atoms with E-state index in [1.807, 2.05) is 19.1 Å². The second-order valence-electron chi connectivity index (χ2n) is 4.83. The summed E-state index contributed by atoms with van der Waals surface area (Å²) in [6.45, 7) is 8.11. The zero-order valence-electron chi connectivity index (χ0n) is 11.2. The van der Waals surface area contributed by atoms with Crippen LogP contribution in [0.5, 0.6) is 0 Å². The summed E-state index contributed by atoms with van der Waals surface area (Å²) in [7, 11) is 0. The summed E-state index contributed by atoms with van der Waals surface area (Å²) in [5.41, 5.74) is 7.00. The molecule has 3 nitrogen and oxygen atoms in total. The van der Waals surface area contributed by atoms with Crippen LogP contribution in [0.15, 0.2) is 28.7 Å². The lowest BCUT2D eigenvalue weighted by Gasteiger charge is -2.09. The average molecular weight is 245 g/mol. The van der Waals surface area contributed by atoms with Gasteiger partial charge in [-0.3, -0.25) is 0 Å². The van der Waals surface area contributed by atoms with Gasteiger partial charge in [0.15, 0.2) is 0 Å². The minimum absolute atomic E-state index is 0.204. The van der Waals surface area contributed by atoms with Crippen LogP contribution in [0.1, 0.15) is 35.4 Å². The number of hydrogen-bond acceptors (Lipinski definition) is 3. The molecule has 2 N–H and O–H groups in total. The van der Waals surface area contributed by atoms with Gasteiger partial charge in [-0.1, -0.05) is 17.7 Å². The van der Waals surface area contributed by atoms with E-state index in [4.69, 9.17) is 9.62 Å². The van der Waals surface area contributed by atoms with Crippen molar-refractivity contribution < 1.29 is 9.62 Å². The molecule has 0 amide bonds. The summed E-state index contributed by atoms with van der Waals surface area (Å²) < 4.78 is 5.80. The maximum Gasteiger partial charge on any atom is 0.134 e. The number of aryl methyl sites for hydroxylation is 3. The highest BCUT2D eigenvalue weighted by Crippen LogP contribution is 2.31. The molecule has 0 aliphatic heterocycles. The Morgan fingerprint density at radius 1 is 1.11 bits per heavy atom. The first-order valence-corrected chi connectivity index (χ1v) is 6.10. The van der Waals surface area contributed by atoms with E-state index in [1.165, 1.54) is 16.7 Å². The summed E-state index contributed by atoms with van der Waals surface area (Å²) in [6.07, 6.45) is 0. The van der Waals surface area contributed by atoms with Gasteiger partial charge in [0.2, 0.25) is 0 Å². The number of rotatable bonds is 3. The molecule has 1 unspecified atom stereocenters. The Labute approximate surface area is 107 Å². The van der Waals surface area contributed by atoms with Crippen molar-refractivity contribution in [2.45, 2.75) is 33.7 Å². The smallest absolute Gasteiger partial charge is 0.134 e.